The predicted molar refractivity (Wildman–Crippen MR) is 51.7 cm³/mol. The van der Waals surface area contributed by atoms with Crippen molar-refractivity contribution in [1.82, 2.24) is 5.32 Å². The van der Waals surface area contributed by atoms with Crippen LogP contribution in [0.3, 0.4) is 0 Å². The summed E-state index contributed by atoms with van der Waals surface area (Å²) in [6.07, 6.45) is 0. The van der Waals surface area contributed by atoms with Crippen molar-refractivity contribution in [3.63, 3.8) is 0 Å². The largest absolute Gasteiger partial charge is 0.329 e. The van der Waals surface area contributed by atoms with E-state index in [4.69, 9.17) is 5.73 Å². The Hall–Kier alpha value is -1.00. The van der Waals surface area contributed by atoms with E-state index in [9.17, 15) is 8.78 Å². The van der Waals surface area contributed by atoms with Gasteiger partial charge in [0, 0.05) is 24.7 Å². The van der Waals surface area contributed by atoms with Gasteiger partial charge in [0.25, 0.3) is 0 Å². The predicted octanol–water partition coefficient (Wildman–Crippen LogP) is 1.40. The van der Waals surface area contributed by atoms with Crippen LogP contribution in [-0.2, 0) is 6.54 Å². The van der Waals surface area contributed by atoms with Gasteiger partial charge in [-0.1, -0.05) is 0 Å². The summed E-state index contributed by atoms with van der Waals surface area (Å²) in [7, 11) is 0. The van der Waals surface area contributed by atoms with Crippen molar-refractivity contribution in [2.24, 2.45) is 5.73 Å². The first-order chi connectivity index (χ1) is 6.63. The minimum Gasteiger partial charge on any atom is -0.329 e. The molecule has 0 aromatic heterocycles. The molecule has 0 saturated heterocycles. The second-order valence-electron chi connectivity index (χ2n) is 3.25. The van der Waals surface area contributed by atoms with E-state index in [0.717, 1.165) is 12.1 Å². The summed E-state index contributed by atoms with van der Waals surface area (Å²) in [5.41, 5.74) is 5.70. The summed E-state index contributed by atoms with van der Waals surface area (Å²) < 4.78 is 25.8. The molecule has 0 bridgehead atoms. The topological polar surface area (TPSA) is 38.0 Å². The van der Waals surface area contributed by atoms with Crippen molar-refractivity contribution in [2.75, 3.05) is 6.54 Å². The fourth-order valence-electron chi connectivity index (χ4n) is 1.05. The van der Waals surface area contributed by atoms with Gasteiger partial charge < -0.3 is 11.1 Å². The first-order valence-corrected chi connectivity index (χ1v) is 4.51. The molecule has 0 aliphatic carbocycles. The molecule has 14 heavy (non-hydrogen) atoms. The molecule has 0 radical (unpaired) electrons. The summed E-state index contributed by atoms with van der Waals surface area (Å²) in [4.78, 5) is 0. The summed E-state index contributed by atoms with van der Waals surface area (Å²) in [5, 5.41) is 2.98. The maximum Gasteiger partial charge on any atom is 0.127 e. The van der Waals surface area contributed by atoms with Crippen LogP contribution in [0.5, 0.6) is 0 Å². The van der Waals surface area contributed by atoms with Gasteiger partial charge in [0.1, 0.15) is 11.6 Å². The Bertz CT molecular complexity index is 302. The van der Waals surface area contributed by atoms with Crippen molar-refractivity contribution in [3.8, 4) is 0 Å². The molecule has 0 saturated carbocycles. The van der Waals surface area contributed by atoms with Crippen molar-refractivity contribution >= 4 is 0 Å². The SMILES string of the molecule is CC(CN)NCc1cc(F)ccc1F. The van der Waals surface area contributed by atoms with E-state index in [1.165, 1.54) is 6.07 Å². The molecule has 1 rings (SSSR count). The molecule has 0 heterocycles. The number of hydrogen-bond donors (Lipinski definition) is 2. The van der Waals surface area contributed by atoms with E-state index < -0.39 is 11.6 Å². The Morgan fingerprint density at radius 2 is 2.14 bits per heavy atom. The number of nitrogens with two attached hydrogens (primary N) is 1. The van der Waals surface area contributed by atoms with Crippen LogP contribution < -0.4 is 11.1 Å². The van der Waals surface area contributed by atoms with Gasteiger partial charge >= 0.3 is 0 Å². The van der Waals surface area contributed by atoms with Crippen LogP contribution in [0, 0.1) is 11.6 Å². The van der Waals surface area contributed by atoms with E-state index >= 15 is 0 Å². The lowest BCUT2D eigenvalue weighted by molar-refractivity contribution is 0.527. The van der Waals surface area contributed by atoms with Crippen LogP contribution in [0.4, 0.5) is 8.78 Å². The van der Waals surface area contributed by atoms with E-state index in [0.29, 0.717) is 18.7 Å². The molecule has 0 aliphatic rings. The Kier molecular flexibility index (Phi) is 3.98. The van der Waals surface area contributed by atoms with Crippen LogP contribution in [0.1, 0.15) is 12.5 Å². The Balaban J connectivity index is 2.62. The minimum absolute atomic E-state index is 0.0951. The standard InChI is InChI=1S/C10H14F2N2/c1-7(5-13)14-6-8-4-9(11)2-3-10(8)12/h2-4,7,14H,5-6,13H2,1H3. The molecule has 4 heteroatoms. The molecule has 3 N–H and O–H groups in total. The molecule has 2 nitrogen and oxygen atoms in total. The Morgan fingerprint density at radius 3 is 2.79 bits per heavy atom. The zero-order valence-electron chi connectivity index (χ0n) is 8.06. The van der Waals surface area contributed by atoms with Crippen molar-refractivity contribution in [3.05, 3.63) is 35.4 Å². The van der Waals surface area contributed by atoms with Gasteiger partial charge in [0.2, 0.25) is 0 Å². The van der Waals surface area contributed by atoms with E-state index in [2.05, 4.69) is 5.32 Å². The molecule has 0 spiro atoms. The molecule has 0 amide bonds. The summed E-state index contributed by atoms with van der Waals surface area (Å²) in [5.74, 6) is -0.827. The highest BCUT2D eigenvalue weighted by Crippen LogP contribution is 2.09. The molecular formula is C10H14F2N2. The highest BCUT2D eigenvalue weighted by atomic mass is 19.1. The van der Waals surface area contributed by atoms with Gasteiger partial charge in [-0.05, 0) is 25.1 Å². The average molecular weight is 200 g/mol. The molecule has 1 aromatic rings. The second kappa shape index (κ2) is 5.02. The van der Waals surface area contributed by atoms with Gasteiger partial charge in [-0.15, -0.1) is 0 Å². The average Bonchev–Trinajstić information content (AvgIpc) is 2.19. The molecule has 0 fully saturated rings. The van der Waals surface area contributed by atoms with Gasteiger partial charge in [-0.2, -0.15) is 0 Å². The number of benzene rings is 1. The maximum atomic E-state index is 13.1. The Morgan fingerprint density at radius 1 is 1.43 bits per heavy atom. The molecule has 1 unspecified atom stereocenters. The first kappa shape index (κ1) is 11.1. The molecule has 0 aliphatic heterocycles. The number of rotatable bonds is 4. The van der Waals surface area contributed by atoms with Crippen LogP contribution in [0.2, 0.25) is 0 Å². The maximum absolute atomic E-state index is 13.1. The lowest BCUT2D eigenvalue weighted by Gasteiger charge is -2.11. The van der Waals surface area contributed by atoms with Gasteiger partial charge in [-0.25, -0.2) is 8.78 Å². The number of hydrogen-bond acceptors (Lipinski definition) is 2. The first-order valence-electron chi connectivity index (χ1n) is 4.51. The van der Waals surface area contributed by atoms with Gasteiger partial charge in [0.05, 0.1) is 0 Å². The third kappa shape index (κ3) is 3.05. The fraction of sp³-hybridized carbons (Fsp3) is 0.400. The zero-order valence-corrected chi connectivity index (χ0v) is 8.06. The Labute approximate surface area is 82.1 Å². The lowest BCUT2D eigenvalue weighted by atomic mass is 10.2. The van der Waals surface area contributed by atoms with Crippen LogP contribution >= 0.6 is 0 Å². The molecule has 78 valence electrons. The smallest absolute Gasteiger partial charge is 0.127 e. The normalized spacial score (nSPS) is 12.9. The van der Waals surface area contributed by atoms with Crippen LogP contribution in [-0.4, -0.2) is 12.6 Å². The summed E-state index contributed by atoms with van der Waals surface area (Å²) in [6, 6.07) is 3.51. The van der Waals surface area contributed by atoms with Gasteiger partial charge in [-0.3, -0.25) is 0 Å². The monoisotopic (exact) mass is 200 g/mol. The zero-order chi connectivity index (χ0) is 10.6. The minimum atomic E-state index is -0.427. The number of nitrogens with one attached hydrogen (secondary N) is 1. The molecule has 1 aromatic carbocycles. The highest BCUT2D eigenvalue weighted by molar-refractivity contribution is 5.18. The van der Waals surface area contributed by atoms with Gasteiger partial charge in [0.15, 0.2) is 0 Å². The lowest BCUT2D eigenvalue weighted by Crippen LogP contribution is -2.32. The van der Waals surface area contributed by atoms with E-state index in [1.54, 1.807) is 0 Å². The van der Waals surface area contributed by atoms with Crippen molar-refractivity contribution in [2.45, 2.75) is 19.5 Å². The number of halogens is 2. The third-order valence-corrected chi connectivity index (χ3v) is 2.00. The fourth-order valence-corrected chi connectivity index (χ4v) is 1.05. The van der Waals surface area contributed by atoms with Crippen LogP contribution in [0.25, 0.3) is 0 Å². The van der Waals surface area contributed by atoms with Crippen molar-refractivity contribution < 1.29 is 8.78 Å². The molecule has 1 atom stereocenters. The van der Waals surface area contributed by atoms with E-state index in [1.807, 2.05) is 6.92 Å². The summed E-state index contributed by atoms with van der Waals surface area (Å²) in [6.45, 7) is 2.65. The van der Waals surface area contributed by atoms with Crippen LogP contribution in [0.15, 0.2) is 18.2 Å². The summed E-state index contributed by atoms with van der Waals surface area (Å²) >= 11 is 0. The van der Waals surface area contributed by atoms with Crippen molar-refractivity contribution in [1.29, 1.82) is 0 Å². The third-order valence-electron chi connectivity index (χ3n) is 2.00. The van der Waals surface area contributed by atoms with E-state index in [-0.39, 0.29) is 6.04 Å². The highest BCUT2D eigenvalue weighted by Gasteiger charge is 2.04. The quantitative estimate of drug-likeness (QED) is 0.771. The molecular weight excluding hydrogens is 186 g/mol. The second-order valence-corrected chi connectivity index (χ2v) is 3.25.